The van der Waals surface area contributed by atoms with E-state index in [0.717, 1.165) is 6.07 Å². The number of nitrogens with one attached hydrogen (secondary N) is 1. The molecule has 112 valence electrons. The fraction of sp³-hybridized carbons (Fsp3) is 0.143. The van der Waals surface area contributed by atoms with E-state index in [4.69, 9.17) is 11.6 Å². The van der Waals surface area contributed by atoms with Gasteiger partial charge in [0.05, 0.1) is 5.69 Å². The third-order valence-corrected chi connectivity index (χ3v) is 2.74. The second-order valence-electron chi connectivity index (χ2n) is 4.18. The van der Waals surface area contributed by atoms with Crippen LogP contribution in [0.3, 0.4) is 0 Å². The zero-order valence-electron chi connectivity index (χ0n) is 10.5. The van der Waals surface area contributed by atoms with Crippen LogP contribution in [0.15, 0.2) is 42.5 Å². The Morgan fingerprint density at radius 1 is 1.10 bits per heavy atom. The molecule has 2 rings (SSSR count). The minimum atomic E-state index is -4.78. The summed E-state index contributed by atoms with van der Waals surface area (Å²) < 4.78 is 53.9. The lowest BCUT2D eigenvalue weighted by atomic mass is 10.2. The van der Waals surface area contributed by atoms with Gasteiger partial charge < -0.3 is 10.1 Å². The number of anilines is 1. The molecule has 1 N–H and O–H groups in total. The minimum Gasteiger partial charge on any atom is -0.404 e. The van der Waals surface area contributed by atoms with Gasteiger partial charge in [0, 0.05) is 11.6 Å². The van der Waals surface area contributed by atoms with Crippen LogP contribution in [0.2, 0.25) is 5.02 Å². The third-order valence-electron chi connectivity index (χ3n) is 2.52. The highest BCUT2D eigenvalue weighted by Crippen LogP contribution is 2.30. The summed E-state index contributed by atoms with van der Waals surface area (Å²) in [5.41, 5.74) is 0.650. The summed E-state index contributed by atoms with van der Waals surface area (Å²) >= 11 is 5.71. The Balaban J connectivity index is 2.13. The Morgan fingerprint density at radius 3 is 2.48 bits per heavy atom. The van der Waals surface area contributed by atoms with E-state index in [1.54, 1.807) is 6.07 Å². The summed E-state index contributed by atoms with van der Waals surface area (Å²) in [4.78, 5) is 0. The van der Waals surface area contributed by atoms with Gasteiger partial charge in [0.15, 0.2) is 5.75 Å². The predicted octanol–water partition coefficient (Wildman–Crippen LogP) is 4.99. The molecular weight excluding hydrogens is 310 g/mol. The first-order valence-corrected chi connectivity index (χ1v) is 6.25. The number of benzene rings is 2. The van der Waals surface area contributed by atoms with Gasteiger partial charge in [0.25, 0.3) is 0 Å². The van der Waals surface area contributed by atoms with Crippen molar-refractivity contribution in [2.75, 3.05) is 5.32 Å². The number of para-hydroxylation sites is 2. The fourth-order valence-electron chi connectivity index (χ4n) is 1.74. The lowest BCUT2D eigenvalue weighted by Crippen LogP contribution is -2.18. The maximum Gasteiger partial charge on any atom is 0.573 e. The van der Waals surface area contributed by atoms with E-state index in [-0.39, 0.29) is 23.0 Å². The lowest BCUT2D eigenvalue weighted by molar-refractivity contribution is -0.274. The summed E-state index contributed by atoms with van der Waals surface area (Å²) in [5.74, 6) is -0.869. The van der Waals surface area contributed by atoms with Crippen molar-refractivity contribution >= 4 is 17.3 Å². The van der Waals surface area contributed by atoms with Crippen molar-refractivity contribution < 1.29 is 22.3 Å². The van der Waals surface area contributed by atoms with Gasteiger partial charge in [-0.3, -0.25) is 0 Å². The predicted molar refractivity (Wildman–Crippen MR) is 71.9 cm³/mol. The molecule has 0 amide bonds. The van der Waals surface area contributed by atoms with Gasteiger partial charge in [-0.1, -0.05) is 23.7 Å². The van der Waals surface area contributed by atoms with E-state index in [9.17, 15) is 17.6 Å². The number of alkyl halides is 3. The van der Waals surface area contributed by atoms with Crippen molar-refractivity contribution in [2.45, 2.75) is 12.9 Å². The molecule has 2 aromatic rings. The molecule has 2 aromatic carbocycles. The largest absolute Gasteiger partial charge is 0.573 e. The summed E-state index contributed by atoms with van der Waals surface area (Å²) in [6, 6.07) is 9.51. The van der Waals surface area contributed by atoms with E-state index in [1.165, 1.54) is 30.3 Å². The quantitative estimate of drug-likeness (QED) is 0.802. The molecule has 0 heterocycles. The van der Waals surface area contributed by atoms with E-state index in [0.29, 0.717) is 5.56 Å². The molecule has 0 fully saturated rings. The molecule has 0 radical (unpaired) electrons. The first-order valence-electron chi connectivity index (χ1n) is 5.87. The minimum absolute atomic E-state index is 0.107. The first kappa shape index (κ1) is 15.4. The number of halogens is 5. The monoisotopic (exact) mass is 319 g/mol. The van der Waals surface area contributed by atoms with Crippen LogP contribution in [0.4, 0.5) is 23.2 Å². The van der Waals surface area contributed by atoms with Crippen molar-refractivity contribution in [3.63, 3.8) is 0 Å². The normalized spacial score (nSPS) is 11.3. The molecule has 0 atom stereocenters. The van der Waals surface area contributed by atoms with Crippen LogP contribution in [0.5, 0.6) is 5.75 Å². The standard InChI is InChI=1S/C14H10ClF4NO/c15-10-5-9(6-11(16)7-10)8-20-12-3-1-2-4-13(12)21-14(17,18)19/h1-7,20H,8H2. The van der Waals surface area contributed by atoms with E-state index >= 15 is 0 Å². The molecule has 0 aliphatic heterocycles. The highest BCUT2D eigenvalue weighted by molar-refractivity contribution is 6.30. The van der Waals surface area contributed by atoms with Crippen LogP contribution < -0.4 is 10.1 Å². The van der Waals surface area contributed by atoms with Gasteiger partial charge >= 0.3 is 6.36 Å². The third kappa shape index (κ3) is 4.82. The van der Waals surface area contributed by atoms with Gasteiger partial charge in [0.2, 0.25) is 0 Å². The molecule has 0 aliphatic carbocycles. The van der Waals surface area contributed by atoms with Gasteiger partial charge in [-0.2, -0.15) is 0 Å². The SMILES string of the molecule is Fc1cc(Cl)cc(CNc2ccccc2OC(F)(F)F)c1. The molecule has 0 saturated heterocycles. The molecular formula is C14H10ClF4NO. The highest BCUT2D eigenvalue weighted by atomic mass is 35.5. The average molecular weight is 320 g/mol. The lowest BCUT2D eigenvalue weighted by Gasteiger charge is -2.14. The van der Waals surface area contributed by atoms with Gasteiger partial charge in [-0.15, -0.1) is 13.2 Å². The van der Waals surface area contributed by atoms with Crippen LogP contribution in [0.25, 0.3) is 0 Å². The zero-order chi connectivity index (χ0) is 15.5. The Hall–Kier alpha value is -1.95. The topological polar surface area (TPSA) is 21.3 Å². The fourth-order valence-corrected chi connectivity index (χ4v) is 1.98. The molecule has 0 aromatic heterocycles. The summed E-state index contributed by atoms with van der Waals surface area (Å²) in [5, 5.41) is 2.97. The molecule has 0 unspecified atom stereocenters. The van der Waals surface area contributed by atoms with Crippen LogP contribution in [-0.4, -0.2) is 6.36 Å². The Kier molecular flexibility index (Phi) is 4.57. The number of rotatable bonds is 4. The Bertz CT molecular complexity index is 610. The first-order chi connectivity index (χ1) is 9.83. The van der Waals surface area contributed by atoms with Crippen LogP contribution >= 0.6 is 11.6 Å². The van der Waals surface area contributed by atoms with E-state index in [1.807, 2.05) is 0 Å². The van der Waals surface area contributed by atoms with Crippen molar-refractivity contribution in [1.82, 2.24) is 0 Å². The second-order valence-corrected chi connectivity index (χ2v) is 4.61. The van der Waals surface area contributed by atoms with E-state index in [2.05, 4.69) is 10.1 Å². The highest BCUT2D eigenvalue weighted by Gasteiger charge is 2.32. The molecule has 21 heavy (non-hydrogen) atoms. The summed E-state index contributed by atoms with van der Waals surface area (Å²) in [6.45, 7) is 0.107. The van der Waals surface area contributed by atoms with Crippen molar-refractivity contribution in [3.8, 4) is 5.75 Å². The molecule has 0 aliphatic rings. The van der Waals surface area contributed by atoms with Crippen molar-refractivity contribution in [1.29, 1.82) is 0 Å². The van der Waals surface area contributed by atoms with E-state index < -0.39 is 12.2 Å². The molecule has 0 bridgehead atoms. The number of ether oxygens (including phenoxy) is 1. The smallest absolute Gasteiger partial charge is 0.404 e. The number of hydrogen-bond donors (Lipinski definition) is 1. The van der Waals surface area contributed by atoms with Gasteiger partial charge in [-0.05, 0) is 35.9 Å². The number of hydrogen-bond acceptors (Lipinski definition) is 2. The van der Waals surface area contributed by atoms with Gasteiger partial charge in [0.1, 0.15) is 5.82 Å². The Morgan fingerprint density at radius 2 is 1.81 bits per heavy atom. The molecule has 7 heteroatoms. The zero-order valence-corrected chi connectivity index (χ0v) is 11.3. The van der Waals surface area contributed by atoms with Crippen LogP contribution in [0.1, 0.15) is 5.56 Å². The molecule has 0 saturated carbocycles. The Labute approximate surface area is 123 Å². The maximum atomic E-state index is 13.2. The summed E-state index contributed by atoms with van der Waals surface area (Å²) in [7, 11) is 0. The maximum absolute atomic E-state index is 13.2. The second kappa shape index (κ2) is 6.22. The average Bonchev–Trinajstić information content (AvgIpc) is 2.35. The van der Waals surface area contributed by atoms with Crippen LogP contribution in [0, 0.1) is 5.82 Å². The van der Waals surface area contributed by atoms with Crippen LogP contribution in [-0.2, 0) is 6.54 Å². The molecule has 0 spiro atoms. The van der Waals surface area contributed by atoms with Gasteiger partial charge in [-0.25, -0.2) is 4.39 Å². The van der Waals surface area contributed by atoms with Crippen molar-refractivity contribution in [2.24, 2.45) is 0 Å². The van der Waals surface area contributed by atoms with Crippen molar-refractivity contribution in [3.05, 3.63) is 58.9 Å². The molecule has 2 nitrogen and oxygen atoms in total. The summed E-state index contributed by atoms with van der Waals surface area (Å²) in [6.07, 6.45) is -4.78.